The average molecular weight is 281 g/mol. The van der Waals surface area contributed by atoms with E-state index < -0.39 is 0 Å². The van der Waals surface area contributed by atoms with Gasteiger partial charge in [-0.15, -0.1) is 0 Å². The molecule has 0 aliphatic rings. The van der Waals surface area contributed by atoms with E-state index in [-0.39, 0.29) is 5.75 Å². The number of aryl methyl sites for hydroxylation is 3. The first-order valence-electron chi connectivity index (χ1n) is 6.62. The fraction of sp³-hybridized carbons (Fsp3) is 0.188. The Morgan fingerprint density at radius 2 is 1.86 bits per heavy atom. The van der Waals surface area contributed by atoms with Crippen LogP contribution >= 0.6 is 0 Å². The molecule has 0 fully saturated rings. The maximum Gasteiger partial charge on any atom is 0.258 e. The lowest BCUT2D eigenvalue weighted by Crippen LogP contribution is -1.91. The molecule has 2 heterocycles. The summed E-state index contributed by atoms with van der Waals surface area (Å²) in [6.45, 7) is 5.78. The van der Waals surface area contributed by atoms with E-state index in [1.54, 1.807) is 12.3 Å². The second kappa shape index (κ2) is 5.01. The first kappa shape index (κ1) is 13.3. The third-order valence-electron chi connectivity index (χ3n) is 3.31. The summed E-state index contributed by atoms with van der Waals surface area (Å²) in [4.78, 5) is 8.71. The van der Waals surface area contributed by atoms with Crippen molar-refractivity contribution in [1.82, 2.24) is 15.1 Å². The molecule has 0 aliphatic carbocycles. The van der Waals surface area contributed by atoms with E-state index in [0.29, 0.717) is 23.0 Å². The largest absolute Gasteiger partial charge is 0.508 e. The van der Waals surface area contributed by atoms with Gasteiger partial charge in [0.2, 0.25) is 5.82 Å². The minimum Gasteiger partial charge on any atom is -0.508 e. The van der Waals surface area contributed by atoms with E-state index in [1.165, 1.54) is 0 Å². The summed E-state index contributed by atoms with van der Waals surface area (Å²) in [7, 11) is 0. The van der Waals surface area contributed by atoms with E-state index in [4.69, 9.17) is 4.52 Å². The van der Waals surface area contributed by atoms with E-state index >= 15 is 0 Å². The number of aromatic hydroxyl groups is 1. The molecule has 3 aromatic rings. The molecule has 3 rings (SSSR count). The molecule has 0 unspecified atom stereocenters. The number of hydrogen-bond donors (Lipinski definition) is 1. The minimum absolute atomic E-state index is 0.205. The van der Waals surface area contributed by atoms with Crippen LogP contribution in [0, 0.1) is 20.8 Å². The van der Waals surface area contributed by atoms with E-state index in [1.807, 2.05) is 39.0 Å². The van der Waals surface area contributed by atoms with Crippen molar-refractivity contribution >= 4 is 0 Å². The fourth-order valence-electron chi connectivity index (χ4n) is 2.13. The molecular formula is C16H15N3O2. The second-order valence-electron chi connectivity index (χ2n) is 5.10. The summed E-state index contributed by atoms with van der Waals surface area (Å²) >= 11 is 0. The van der Waals surface area contributed by atoms with Gasteiger partial charge in [-0.1, -0.05) is 17.3 Å². The van der Waals surface area contributed by atoms with Crippen molar-refractivity contribution < 1.29 is 9.63 Å². The molecule has 106 valence electrons. The summed E-state index contributed by atoms with van der Waals surface area (Å²) in [5, 5.41) is 13.7. The quantitative estimate of drug-likeness (QED) is 0.779. The van der Waals surface area contributed by atoms with Crippen molar-refractivity contribution in [1.29, 1.82) is 0 Å². The zero-order valence-corrected chi connectivity index (χ0v) is 12.1. The highest BCUT2D eigenvalue weighted by molar-refractivity contribution is 5.61. The molecule has 0 spiro atoms. The van der Waals surface area contributed by atoms with Crippen molar-refractivity contribution in [2.45, 2.75) is 20.8 Å². The number of hydrogen-bond acceptors (Lipinski definition) is 5. The molecule has 21 heavy (non-hydrogen) atoms. The van der Waals surface area contributed by atoms with Gasteiger partial charge in [-0.05, 0) is 49.6 Å². The summed E-state index contributed by atoms with van der Waals surface area (Å²) in [5.41, 5.74) is 4.26. The van der Waals surface area contributed by atoms with Gasteiger partial charge in [0.1, 0.15) is 11.4 Å². The lowest BCUT2D eigenvalue weighted by molar-refractivity contribution is 0.431. The van der Waals surface area contributed by atoms with Crippen molar-refractivity contribution in [3.8, 4) is 28.7 Å². The average Bonchev–Trinajstić information content (AvgIpc) is 2.91. The molecule has 0 amide bonds. The molecule has 1 N–H and O–H groups in total. The van der Waals surface area contributed by atoms with Gasteiger partial charge in [-0.25, -0.2) is 0 Å². The Morgan fingerprint density at radius 3 is 2.57 bits per heavy atom. The topological polar surface area (TPSA) is 72.0 Å². The number of nitrogens with zero attached hydrogens (tertiary/aromatic N) is 3. The zero-order valence-electron chi connectivity index (χ0n) is 12.1. The first-order valence-corrected chi connectivity index (χ1v) is 6.62. The van der Waals surface area contributed by atoms with Gasteiger partial charge in [0.15, 0.2) is 0 Å². The maximum absolute atomic E-state index is 9.76. The molecule has 2 aromatic heterocycles. The number of phenolic OH excluding ortho intramolecular Hbond substituents is 1. The number of pyridine rings is 1. The van der Waals surface area contributed by atoms with Crippen molar-refractivity contribution in [3.05, 3.63) is 47.2 Å². The Bertz CT molecular complexity index is 809. The molecule has 0 radical (unpaired) electrons. The van der Waals surface area contributed by atoms with Crippen molar-refractivity contribution in [2.75, 3.05) is 0 Å². The van der Waals surface area contributed by atoms with Crippen LogP contribution in [0.5, 0.6) is 5.75 Å². The smallest absolute Gasteiger partial charge is 0.258 e. The molecule has 0 saturated carbocycles. The molecule has 5 heteroatoms. The lowest BCUT2D eigenvalue weighted by Gasteiger charge is -2.00. The predicted octanol–water partition coefficient (Wildman–Crippen LogP) is 3.43. The molecule has 0 aliphatic heterocycles. The van der Waals surface area contributed by atoms with Crippen LogP contribution in [0.1, 0.15) is 16.7 Å². The molecule has 0 bridgehead atoms. The Hall–Kier alpha value is -2.69. The molecule has 5 nitrogen and oxygen atoms in total. The number of rotatable bonds is 2. The normalized spacial score (nSPS) is 10.8. The summed E-state index contributed by atoms with van der Waals surface area (Å²) in [6.07, 6.45) is 1.77. The summed E-state index contributed by atoms with van der Waals surface area (Å²) < 4.78 is 5.27. The van der Waals surface area contributed by atoms with Crippen LogP contribution in [-0.4, -0.2) is 20.2 Å². The van der Waals surface area contributed by atoms with Gasteiger partial charge in [-0.2, -0.15) is 4.98 Å². The van der Waals surface area contributed by atoms with E-state index in [2.05, 4.69) is 15.1 Å². The highest BCUT2D eigenvalue weighted by Crippen LogP contribution is 2.27. The van der Waals surface area contributed by atoms with Crippen LogP contribution in [0.2, 0.25) is 0 Å². The Morgan fingerprint density at radius 1 is 1.05 bits per heavy atom. The molecule has 0 saturated heterocycles. The van der Waals surface area contributed by atoms with Gasteiger partial charge in [0, 0.05) is 11.8 Å². The maximum atomic E-state index is 9.76. The number of phenols is 1. The minimum atomic E-state index is 0.205. The van der Waals surface area contributed by atoms with Gasteiger partial charge < -0.3 is 9.63 Å². The third-order valence-corrected chi connectivity index (χ3v) is 3.31. The van der Waals surface area contributed by atoms with Crippen LogP contribution in [-0.2, 0) is 0 Å². The fourth-order valence-corrected chi connectivity index (χ4v) is 2.13. The Balaban J connectivity index is 2.01. The number of aromatic nitrogens is 3. The second-order valence-corrected chi connectivity index (χ2v) is 5.10. The van der Waals surface area contributed by atoms with Crippen molar-refractivity contribution in [3.63, 3.8) is 0 Å². The third kappa shape index (κ3) is 2.50. The highest BCUT2D eigenvalue weighted by atomic mass is 16.5. The molecule has 1 aromatic carbocycles. The monoisotopic (exact) mass is 281 g/mol. The van der Waals surface area contributed by atoms with Crippen LogP contribution < -0.4 is 0 Å². The standard InChI is InChI=1S/C16H15N3O2/c1-9-6-11(3)14(17-8-9)15-18-16(21-19-15)12-5-4-10(2)13(20)7-12/h4-8,20H,1-3H3. The number of benzene rings is 1. The van der Waals surface area contributed by atoms with Gasteiger partial charge in [-0.3, -0.25) is 4.98 Å². The van der Waals surface area contributed by atoms with E-state index in [9.17, 15) is 5.11 Å². The Labute approximate surface area is 122 Å². The lowest BCUT2D eigenvalue weighted by atomic mass is 10.1. The zero-order chi connectivity index (χ0) is 15.0. The Kier molecular flexibility index (Phi) is 3.17. The van der Waals surface area contributed by atoms with Crippen LogP contribution in [0.15, 0.2) is 35.0 Å². The van der Waals surface area contributed by atoms with Gasteiger partial charge in [0.25, 0.3) is 5.89 Å². The first-order chi connectivity index (χ1) is 10.0. The van der Waals surface area contributed by atoms with Gasteiger partial charge >= 0.3 is 0 Å². The van der Waals surface area contributed by atoms with Crippen LogP contribution in [0.4, 0.5) is 0 Å². The summed E-state index contributed by atoms with van der Waals surface area (Å²) in [6, 6.07) is 7.28. The predicted molar refractivity (Wildman–Crippen MR) is 78.8 cm³/mol. The van der Waals surface area contributed by atoms with E-state index in [0.717, 1.165) is 16.7 Å². The highest BCUT2D eigenvalue weighted by Gasteiger charge is 2.14. The molecule has 0 atom stereocenters. The van der Waals surface area contributed by atoms with Crippen molar-refractivity contribution in [2.24, 2.45) is 0 Å². The van der Waals surface area contributed by atoms with Crippen LogP contribution in [0.25, 0.3) is 23.0 Å². The SMILES string of the molecule is Cc1cnc(-c2noc(-c3ccc(C)c(O)c3)n2)c(C)c1. The van der Waals surface area contributed by atoms with Gasteiger partial charge in [0.05, 0.1) is 0 Å². The summed E-state index contributed by atoms with van der Waals surface area (Å²) in [5.74, 6) is 1.02. The van der Waals surface area contributed by atoms with Crippen LogP contribution in [0.3, 0.4) is 0 Å². The molecular weight excluding hydrogens is 266 g/mol.